The molecule has 6 heavy (non-hydrogen) atoms. The summed E-state index contributed by atoms with van der Waals surface area (Å²) >= 11 is 0.319. The fourth-order valence-corrected chi connectivity index (χ4v) is 0. The Kier molecular flexibility index (Phi) is 2.33. The van der Waals surface area contributed by atoms with Gasteiger partial charge in [-0.3, -0.25) is 0 Å². The topological polar surface area (TPSA) is 37.3 Å². The Hall–Kier alpha value is 0.668. The minimum atomic E-state index is -3.30. The quantitative estimate of drug-likeness (QED) is 0.427. The Morgan fingerprint density at radius 1 is 2.00 bits per heavy atom. The van der Waals surface area contributed by atoms with E-state index in [0.29, 0.717) is 0 Å². The van der Waals surface area contributed by atoms with Crippen molar-refractivity contribution >= 4 is 26.5 Å². The van der Waals surface area contributed by atoms with Gasteiger partial charge < -0.3 is 0 Å². The monoisotopic (exact) mass is 170 g/mol. The van der Waals surface area contributed by atoms with Crippen LogP contribution >= 0.6 is 12.6 Å². The first-order valence-corrected chi connectivity index (χ1v) is 6.90. The van der Waals surface area contributed by atoms with Gasteiger partial charge in [0.15, 0.2) is 0 Å². The fraction of sp³-hybridized carbons (Fsp3) is 1.00. The maximum atomic E-state index is 10.1. The van der Waals surface area contributed by atoms with Gasteiger partial charge in [0, 0.05) is 0 Å². The summed E-state index contributed by atoms with van der Waals surface area (Å²) < 4.78 is 18.6. The Labute approximate surface area is 45.0 Å². The van der Waals surface area contributed by atoms with Gasteiger partial charge in [0.25, 0.3) is 0 Å². The molecule has 0 radical (unpaired) electrons. The summed E-state index contributed by atoms with van der Waals surface area (Å²) in [6, 6.07) is 0. The van der Waals surface area contributed by atoms with Crippen LogP contribution in [0, 0.1) is 0 Å². The van der Waals surface area contributed by atoms with Gasteiger partial charge in [0.1, 0.15) is 0 Å². The van der Waals surface area contributed by atoms with Crippen LogP contribution in [-0.2, 0) is 3.74 Å². The zero-order chi connectivity index (χ0) is 5.21. The molecule has 0 saturated carbocycles. The summed E-state index contributed by atoms with van der Waals surface area (Å²) in [5.74, 6) is 0. The summed E-state index contributed by atoms with van der Waals surface area (Å²) in [6.07, 6.45) is 0. The van der Waals surface area contributed by atoms with Crippen molar-refractivity contribution in [1.82, 2.24) is 0 Å². The molecule has 2 nitrogen and oxygen atoms in total. The molecule has 0 aromatic carbocycles. The SMILES string of the molecule is C[As](=O)(O)CS. The first-order valence-electron chi connectivity index (χ1n) is 1.46. The average Bonchev–Trinajstić information content (AvgIpc) is 1.35. The van der Waals surface area contributed by atoms with Crippen LogP contribution in [0.5, 0.6) is 0 Å². The molecule has 0 aliphatic carbocycles. The van der Waals surface area contributed by atoms with Gasteiger partial charge in [0.05, 0.1) is 0 Å². The van der Waals surface area contributed by atoms with Crippen LogP contribution in [0.15, 0.2) is 0 Å². The third-order valence-corrected chi connectivity index (χ3v) is 4.09. The molecule has 0 aliphatic rings. The molecule has 1 atom stereocenters. The molecule has 4 heteroatoms. The standard InChI is InChI=1S/C2H7AsO2S/c1-3(4,5)2-6/h6H,2H2,1H3,(H,4,5). The van der Waals surface area contributed by atoms with E-state index in [1.54, 1.807) is 0 Å². The van der Waals surface area contributed by atoms with Crippen molar-refractivity contribution in [3.05, 3.63) is 0 Å². The molecule has 0 fully saturated rings. The fourth-order valence-electron chi connectivity index (χ4n) is 0. The van der Waals surface area contributed by atoms with Crippen molar-refractivity contribution in [1.29, 1.82) is 0 Å². The third kappa shape index (κ3) is 4.67. The Morgan fingerprint density at radius 3 is 2.17 bits per heavy atom. The molecular formula is C2H7AsO2S. The van der Waals surface area contributed by atoms with Gasteiger partial charge in [-0.2, -0.15) is 0 Å². The molecule has 0 aromatic heterocycles. The summed E-state index contributed by atoms with van der Waals surface area (Å²) in [6.45, 7) is 0. The van der Waals surface area contributed by atoms with E-state index in [2.05, 4.69) is 12.6 Å². The second-order valence-electron chi connectivity index (χ2n) is 1.19. The molecule has 0 spiro atoms. The summed E-state index contributed by atoms with van der Waals surface area (Å²) in [7, 11) is 0. The van der Waals surface area contributed by atoms with Crippen LogP contribution in [0.4, 0.5) is 0 Å². The maximum absolute atomic E-state index is 10.1. The van der Waals surface area contributed by atoms with Crippen LogP contribution < -0.4 is 0 Å². The molecule has 0 amide bonds. The molecule has 0 aromatic rings. The van der Waals surface area contributed by atoms with Crippen molar-refractivity contribution < 1.29 is 7.84 Å². The van der Waals surface area contributed by atoms with E-state index >= 15 is 0 Å². The first kappa shape index (κ1) is 6.67. The molecule has 1 unspecified atom stereocenters. The normalized spacial score (nSPS) is 19.8. The third-order valence-electron chi connectivity index (χ3n) is 0.262. The van der Waals surface area contributed by atoms with E-state index in [-0.39, 0.29) is 4.54 Å². The zero-order valence-electron chi connectivity index (χ0n) is 3.46. The molecule has 0 rings (SSSR count). The van der Waals surface area contributed by atoms with Crippen molar-refractivity contribution in [2.75, 3.05) is 4.54 Å². The van der Waals surface area contributed by atoms with Crippen LogP contribution in [0.3, 0.4) is 0 Å². The Balaban J connectivity index is 3.48. The second kappa shape index (κ2) is 2.10. The van der Waals surface area contributed by atoms with E-state index in [1.807, 2.05) is 0 Å². The predicted molar refractivity (Wildman–Crippen MR) is 28.4 cm³/mol. The summed E-state index contributed by atoms with van der Waals surface area (Å²) in [4.78, 5) is 0. The minimum absolute atomic E-state index is 0.137. The predicted octanol–water partition coefficient (Wildman–Crippen LogP) is -0.0498. The first-order chi connectivity index (χ1) is 2.56. The van der Waals surface area contributed by atoms with Crippen LogP contribution in [0.25, 0.3) is 0 Å². The molecule has 0 saturated heterocycles. The van der Waals surface area contributed by atoms with Gasteiger partial charge in [-0.05, 0) is 0 Å². The average molecular weight is 170 g/mol. The molecule has 38 valence electrons. The van der Waals surface area contributed by atoms with Gasteiger partial charge in [-0.15, -0.1) is 0 Å². The van der Waals surface area contributed by atoms with Crippen LogP contribution in [0.1, 0.15) is 0 Å². The van der Waals surface area contributed by atoms with Crippen LogP contribution in [0.2, 0.25) is 5.71 Å². The second-order valence-corrected chi connectivity index (χ2v) is 7.67. The van der Waals surface area contributed by atoms with E-state index < -0.39 is 13.8 Å². The number of thiol groups is 1. The van der Waals surface area contributed by atoms with E-state index in [0.717, 1.165) is 0 Å². The van der Waals surface area contributed by atoms with Crippen molar-refractivity contribution in [2.24, 2.45) is 0 Å². The van der Waals surface area contributed by atoms with Crippen molar-refractivity contribution in [2.45, 2.75) is 5.71 Å². The van der Waals surface area contributed by atoms with Crippen molar-refractivity contribution in [3.8, 4) is 0 Å². The summed E-state index contributed by atoms with van der Waals surface area (Å²) in [5.41, 5.74) is 1.34. The molecule has 0 bridgehead atoms. The molecule has 0 aliphatic heterocycles. The van der Waals surface area contributed by atoms with E-state index in [1.165, 1.54) is 5.71 Å². The van der Waals surface area contributed by atoms with Gasteiger partial charge in [-0.25, -0.2) is 0 Å². The Bertz CT molecular complexity index is 75.6. The summed E-state index contributed by atoms with van der Waals surface area (Å²) in [5, 5.41) is 0. The molecular weight excluding hydrogens is 163 g/mol. The number of hydrogen-bond acceptors (Lipinski definition) is 2. The number of rotatable bonds is 1. The van der Waals surface area contributed by atoms with Gasteiger partial charge in [0.2, 0.25) is 0 Å². The van der Waals surface area contributed by atoms with E-state index in [4.69, 9.17) is 4.10 Å². The molecule has 1 N–H and O–H groups in total. The van der Waals surface area contributed by atoms with Crippen LogP contribution in [-0.4, -0.2) is 22.5 Å². The number of hydrogen-bond donors (Lipinski definition) is 2. The zero-order valence-corrected chi connectivity index (χ0v) is 6.23. The van der Waals surface area contributed by atoms with Gasteiger partial charge >= 0.3 is 44.5 Å². The van der Waals surface area contributed by atoms with Crippen molar-refractivity contribution in [3.63, 3.8) is 0 Å². The molecule has 0 heterocycles. The Morgan fingerprint density at radius 2 is 2.17 bits per heavy atom. The van der Waals surface area contributed by atoms with Gasteiger partial charge in [-0.1, -0.05) is 0 Å². The van der Waals surface area contributed by atoms with E-state index in [9.17, 15) is 3.74 Å².